The van der Waals surface area contributed by atoms with Crippen LogP contribution in [0.3, 0.4) is 0 Å². The van der Waals surface area contributed by atoms with E-state index in [0.717, 1.165) is 32.9 Å². The van der Waals surface area contributed by atoms with Gasteiger partial charge in [0, 0.05) is 11.5 Å². The third-order valence-electron chi connectivity index (χ3n) is 6.11. The van der Waals surface area contributed by atoms with Gasteiger partial charge in [0.1, 0.15) is 6.10 Å². The molecule has 1 aromatic heterocycles. The van der Waals surface area contributed by atoms with E-state index in [1.165, 1.54) is 0 Å². The Kier molecular flexibility index (Phi) is 7.03. The zero-order chi connectivity index (χ0) is 21.2. The predicted molar refractivity (Wildman–Crippen MR) is 121 cm³/mol. The Bertz CT molecular complexity index is 819. The highest BCUT2D eigenvalue weighted by Gasteiger charge is 2.37. The third-order valence-corrected chi connectivity index (χ3v) is 11.7. The average Bonchev–Trinajstić information content (AvgIpc) is 3.30. The summed E-state index contributed by atoms with van der Waals surface area (Å²) < 4.78 is 17.6. The largest absolute Gasteiger partial charge is 0.416 e. The molecule has 1 aliphatic rings. The van der Waals surface area contributed by atoms with Crippen LogP contribution in [0.1, 0.15) is 59.6 Å². The van der Waals surface area contributed by atoms with Crippen LogP contribution in [-0.2, 0) is 20.3 Å². The normalized spacial score (nSPS) is 17.1. The van der Waals surface area contributed by atoms with Gasteiger partial charge in [-0.2, -0.15) is 0 Å². The van der Waals surface area contributed by atoms with E-state index in [1.807, 2.05) is 31.2 Å². The number of aliphatic hydroxyl groups is 1. The minimum absolute atomic E-state index is 0.195. The van der Waals surface area contributed by atoms with Gasteiger partial charge >= 0.3 is 0 Å². The molecule has 1 fully saturated rings. The van der Waals surface area contributed by atoms with Crippen molar-refractivity contribution < 1.29 is 19.0 Å². The molecule has 4 nitrogen and oxygen atoms in total. The SMILES string of the molecule is Cc1sc(C2OCCO2)cc1C(O)c1ccccc1CCO[Si](C)(C)C(C)(C)C. The van der Waals surface area contributed by atoms with E-state index < -0.39 is 14.4 Å². The number of ether oxygens (including phenoxy) is 2. The van der Waals surface area contributed by atoms with Crippen LogP contribution in [0.2, 0.25) is 18.1 Å². The fourth-order valence-electron chi connectivity index (χ4n) is 3.26. The number of aliphatic hydroxyl groups excluding tert-OH is 1. The first-order chi connectivity index (χ1) is 13.6. The first-order valence-electron chi connectivity index (χ1n) is 10.3. The van der Waals surface area contributed by atoms with Gasteiger partial charge in [-0.05, 0) is 54.2 Å². The second-order valence-corrected chi connectivity index (χ2v) is 15.3. The van der Waals surface area contributed by atoms with Crippen LogP contribution in [0.5, 0.6) is 0 Å². The van der Waals surface area contributed by atoms with Crippen molar-refractivity contribution in [3.05, 3.63) is 56.8 Å². The number of rotatable bonds is 7. The van der Waals surface area contributed by atoms with Crippen molar-refractivity contribution in [2.24, 2.45) is 0 Å². The van der Waals surface area contributed by atoms with Gasteiger partial charge in [-0.1, -0.05) is 45.0 Å². The fraction of sp³-hybridized carbons (Fsp3) is 0.565. The maximum Gasteiger partial charge on any atom is 0.193 e. The van der Waals surface area contributed by atoms with Gasteiger partial charge in [0.2, 0.25) is 0 Å². The molecule has 0 amide bonds. The molecule has 1 aliphatic heterocycles. The molecule has 1 atom stereocenters. The van der Waals surface area contributed by atoms with Crippen LogP contribution in [0.15, 0.2) is 30.3 Å². The molecule has 1 unspecified atom stereocenters. The highest BCUT2D eigenvalue weighted by molar-refractivity contribution is 7.12. The Balaban J connectivity index is 1.75. The van der Waals surface area contributed by atoms with Crippen LogP contribution in [0.25, 0.3) is 0 Å². The number of thiophene rings is 1. The van der Waals surface area contributed by atoms with Crippen LogP contribution >= 0.6 is 11.3 Å². The second kappa shape index (κ2) is 9.00. The van der Waals surface area contributed by atoms with E-state index in [2.05, 4.69) is 39.9 Å². The topological polar surface area (TPSA) is 47.9 Å². The molecule has 0 bridgehead atoms. The van der Waals surface area contributed by atoms with Gasteiger partial charge in [0.15, 0.2) is 14.6 Å². The molecule has 0 aliphatic carbocycles. The van der Waals surface area contributed by atoms with E-state index in [1.54, 1.807) is 11.3 Å². The number of aryl methyl sites for hydroxylation is 1. The van der Waals surface area contributed by atoms with Crippen molar-refractivity contribution in [1.82, 2.24) is 0 Å². The van der Waals surface area contributed by atoms with E-state index in [-0.39, 0.29) is 11.3 Å². The Morgan fingerprint density at radius 2 is 1.83 bits per heavy atom. The maximum atomic E-state index is 11.2. The Morgan fingerprint density at radius 3 is 2.48 bits per heavy atom. The van der Waals surface area contributed by atoms with Gasteiger partial charge in [-0.25, -0.2) is 0 Å². The molecule has 6 heteroatoms. The molecule has 3 rings (SSSR count). The molecular weight excluding hydrogens is 400 g/mol. The lowest BCUT2D eigenvalue weighted by atomic mass is 9.95. The van der Waals surface area contributed by atoms with Gasteiger partial charge in [-0.15, -0.1) is 11.3 Å². The summed E-state index contributed by atoms with van der Waals surface area (Å²) in [6, 6.07) is 10.2. The molecule has 160 valence electrons. The van der Waals surface area contributed by atoms with Crippen molar-refractivity contribution in [2.75, 3.05) is 19.8 Å². The third kappa shape index (κ3) is 5.18. The zero-order valence-electron chi connectivity index (χ0n) is 18.5. The van der Waals surface area contributed by atoms with E-state index in [4.69, 9.17) is 13.9 Å². The molecule has 1 N–H and O–H groups in total. The number of hydrogen-bond donors (Lipinski definition) is 1. The zero-order valence-corrected chi connectivity index (χ0v) is 20.3. The molecule has 0 saturated carbocycles. The molecule has 1 aromatic carbocycles. The Labute approximate surface area is 180 Å². The molecule has 2 aromatic rings. The summed E-state index contributed by atoms with van der Waals surface area (Å²) in [5.74, 6) is 0. The lowest BCUT2D eigenvalue weighted by molar-refractivity contribution is -0.0414. The summed E-state index contributed by atoms with van der Waals surface area (Å²) in [7, 11) is -1.78. The van der Waals surface area contributed by atoms with Crippen molar-refractivity contribution >= 4 is 19.7 Å². The summed E-state index contributed by atoms with van der Waals surface area (Å²) in [5, 5.41) is 11.4. The molecule has 0 spiro atoms. The summed E-state index contributed by atoms with van der Waals surface area (Å²) in [6.07, 6.45) is -0.164. The minimum atomic E-state index is -1.78. The van der Waals surface area contributed by atoms with Gasteiger partial charge in [-0.3, -0.25) is 0 Å². The summed E-state index contributed by atoms with van der Waals surface area (Å²) >= 11 is 1.64. The lowest BCUT2D eigenvalue weighted by Crippen LogP contribution is -2.41. The molecular formula is C23H34O4SSi. The molecule has 0 radical (unpaired) electrons. The first kappa shape index (κ1) is 22.7. The lowest BCUT2D eigenvalue weighted by Gasteiger charge is -2.36. The molecule has 1 saturated heterocycles. The van der Waals surface area contributed by atoms with E-state index >= 15 is 0 Å². The minimum Gasteiger partial charge on any atom is -0.416 e. The van der Waals surface area contributed by atoms with Crippen molar-refractivity contribution in [1.29, 1.82) is 0 Å². The second-order valence-electron chi connectivity index (χ2n) is 9.19. The summed E-state index contributed by atoms with van der Waals surface area (Å²) in [6.45, 7) is 15.3. The first-order valence-corrected chi connectivity index (χ1v) is 14.1. The van der Waals surface area contributed by atoms with Crippen molar-refractivity contribution in [2.45, 2.75) is 64.6 Å². The summed E-state index contributed by atoms with van der Waals surface area (Å²) in [4.78, 5) is 2.12. The quantitative estimate of drug-likeness (QED) is 0.564. The van der Waals surface area contributed by atoms with Crippen LogP contribution in [-0.4, -0.2) is 33.2 Å². The Morgan fingerprint density at radius 1 is 1.17 bits per heavy atom. The fourth-order valence-corrected chi connectivity index (χ4v) is 5.36. The number of hydrogen-bond acceptors (Lipinski definition) is 5. The monoisotopic (exact) mass is 434 g/mol. The van der Waals surface area contributed by atoms with Crippen LogP contribution < -0.4 is 0 Å². The standard InChI is InChI=1S/C23H34O4SSi/c1-16-19(15-20(28-16)22-25-13-14-26-22)21(24)18-10-8-7-9-17(18)11-12-27-29(5,6)23(2,3)4/h7-10,15,21-22,24H,11-14H2,1-6H3. The van der Waals surface area contributed by atoms with Gasteiger partial charge in [0.05, 0.1) is 18.1 Å². The highest BCUT2D eigenvalue weighted by Crippen LogP contribution is 2.38. The smallest absolute Gasteiger partial charge is 0.193 e. The highest BCUT2D eigenvalue weighted by atomic mass is 32.1. The van der Waals surface area contributed by atoms with E-state index in [0.29, 0.717) is 19.8 Å². The van der Waals surface area contributed by atoms with Crippen molar-refractivity contribution in [3.63, 3.8) is 0 Å². The van der Waals surface area contributed by atoms with Crippen molar-refractivity contribution in [3.8, 4) is 0 Å². The maximum absolute atomic E-state index is 11.2. The molecule has 29 heavy (non-hydrogen) atoms. The average molecular weight is 435 g/mol. The predicted octanol–water partition coefficient (Wildman–Crippen LogP) is 5.75. The Hall–Kier alpha value is -1.02. The van der Waals surface area contributed by atoms with Gasteiger partial charge in [0.25, 0.3) is 0 Å². The van der Waals surface area contributed by atoms with Gasteiger partial charge < -0.3 is 19.0 Å². The number of benzene rings is 1. The molecule has 2 heterocycles. The van der Waals surface area contributed by atoms with E-state index in [9.17, 15) is 5.11 Å². The van der Waals surface area contributed by atoms with Crippen LogP contribution in [0, 0.1) is 6.92 Å². The van der Waals surface area contributed by atoms with Crippen LogP contribution in [0.4, 0.5) is 0 Å². The summed E-state index contributed by atoms with van der Waals surface area (Å²) in [5.41, 5.74) is 3.02.